The highest BCUT2D eigenvalue weighted by molar-refractivity contribution is 5.91. The molecular weight excluding hydrogens is 220 g/mol. The van der Waals surface area contributed by atoms with Crippen molar-refractivity contribution in [1.29, 1.82) is 0 Å². The van der Waals surface area contributed by atoms with E-state index in [-0.39, 0.29) is 18.2 Å². The molecule has 0 aliphatic heterocycles. The molecule has 0 bridgehead atoms. The van der Waals surface area contributed by atoms with Crippen molar-refractivity contribution in [2.45, 2.75) is 45.6 Å². The molecule has 1 aromatic rings. The van der Waals surface area contributed by atoms with Gasteiger partial charge in [-0.15, -0.1) is 5.10 Å². The lowest BCUT2D eigenvalue weighted by Gasteiger charge is -2.09. The number of carbonyl (C=O) groups excluding carboxylic acids is 1. The topological polar surface area (TPSA) is 94.0 Å². The standard InChI is InChI=1S/C11H20N4O2/c1-8(2)10-9(11(12)17)13-14-15(10)6-4-3-5-7-16/h8,16H,3-7H2,1-2H3,(H2,12,17). The zero-order valence-corrected chi connectivity index (χ0v) is 10.4. The largest absolute Gasteiger partial charge is 0.396 e. The van der Waals surface area contributed by atoms with Gasteiger partial charge in [0.2, 0.25) is 0 Å². The second-order valence-corrected chi connectivity index (χ2v) is 4.35. The summed E-state index contributed by atoms with van der Waals surface area (Å²) in [6.07, 6.45) is 2.62. The third-order valence-electron chi connectivity index (χ3n) is 2.58. The predicted molar refractivity (Wildman–Crippen MR) is 63.6 cm³/mol. The van der Waals surface area contributed by atoms with E-state index in [1.54, 1.807) is 4.68 Å². The fourth-order valence-corrected chi connectivity index (χ4v) is 1.78. The van der Waals surface area contributed by atoms with Crippen molar-refractivity contribution in [3.05, 3.63) is 11.4 Å². The number of carbonyl (C=O) groups is 1. The van der Waals surface area contributed by atoms with Crippen molar-refractivity contribution in [3.63, 3.8) is 0 Å². The lowest BCUT2D eigenvalue weighted by molar-refractivity contribution is 0.0994. The smallest absolute Gasteiger partial charge is 0.271 e. The zero-order valence-electron chi connectivity index (χ0n) is 10.4. The number of aliphatic hydroxyl groups excluding tert-OH is 1. The molecule has 0 aromatic carbocycles. The molecule has 0 aliphatic carbocycles. The van der Waals surface area contributed by atoms with Gasteiger partial charge in [0.1, 0.15) is 0 Å². The third kappa shape index (κ3) is 3.52. The Balaban J connectivity index is 2.74. The number of primary amides is 1. The van der Waals surface area contributed by atoms with Crippen LogP contribution < -0.4 is 5.73 Å². The number of hydrogen-bond donors (Lipinski definition) is 2. The van der Waals surface area contributed by atoms with Crippen LogP contribution in [0.4, 0.5) is 0 Å². The van der Waals surface area contributed by atoms with Gasteiger partial charge in [-0.2, -0.15) is 0 Å². The van der Waals surface area contributed by atoms with Crippen LogP contribution >= 0.6 is 0 Å². The van der Waals surface area contributed by atoms with Gasteiger partial charge < -0.3 is 10.8 Å². The molecule has 1 rings (SSSR count). The van der Waals surface area contributed by atoms with E-state index in [9.17, 15) is 4.79 Å². The van der Waals surface area contributed by atoms with Gasteiger partial charge >= 0.3 is 0 Å². The molecule has 17 heavy (non-hydrogen) atoms. The number of amides is 1. The molecule has 0 spiro atoms. The van der Waals surface area contributed by atoms with Crippen molar-refractivity contribution >= 4 is 5.91 Å². The Morgan fingerprint density at radius 1 is 1.41 bits per heavy atom. The van der Waals surface area contributed by atoms with Crippen LogP contribution in [0, 0.1) is 0 Å². The van der Waals surface area contributed by atoms with Crippen LogP contribution in [0.15, 0.2) is 0 Å². The van der Waals surface area contributed by atoms with Crippen LogP contribution in [0.2, 0.25) is 0 Å². The van der Waals surface area contributed by atoms with Crippen LogP contribution in [-0.2, 0) is 6.54 Å². The number of aliphatic hydroxyl groups is 1. The molecule has 0 fully saturated rings. The molecule has 1 aromatic heterocycles. The molecule has 3 N–H and O–H groups in total. The number of nitrogens with zero attached hydrogens (tertiary/aromatic N) is 3. The Kier molecular flexibility index (Phi) is 5.09. The SMILES string of the molecule is CC(C)c1c(C(N)=O)nnn1CCCCCO. The predicted octanol–water partition coefficient (Wildman–Crippen LogP) is 0.663. The summed E-state index contributed by atoms with van der Waals surface area (Å²) in [7, 11) is 0. The molecule has 0 unspecified atom stereocenters. The molecule has 96 valence electrons. The van der Waals surface area contributed by atoms with E-state index in [1.807, 2.05) is 13.8 Å². The molecule has 0 saturated heterocycles. The highest BCUT2D eigenvalue weighted by Gasteiger charge is 2.19. The maximum Gasteiger partial charge on any atom is 0.271 e. The van der Waals surface area contributed by atoms with Crippen molar-refractivity contribution in [1.82, 2.24) is 15.0 Å². The van der Waals surface area contributed by atoms with Crippen molar-refractivity contribution < 1.29 is 9.90 Å². The van der Waals surface area contributed by atoms with Gasteiger partial charge in [0.05, 0.1) is 5.69 Å². The molecule has 0 atom stereocenters. The Labute approximate surface area is 101 Å². The average Bonchev–Trinajstić information content (AvgIpc) is 2.68. The van der Waals surface area contributed by atoms with E-state index < -0.39 is 5.91 Å². The summed E-state index contributed by atoms with van der Waals surface area (Å²) in [5.74, 6) is -0.374. The van der Waals surface area contributed by atoms with Crippen LogP contribution in [0.3, 0.4) is 0 Å². The maximum atomic E-state index is 11.2. The van der Waals surface area contributed by atoms with Crippen LogP contribution in [0.25, 0.3) is 0 Å². The highest BCUT2D eigenvalue weighted by atomic mass is 16.2. The number of aromatic nitrogens is 3. The normalized spacial score (nSPS) is 11.1. The first-order chi connectivity index (χ1) is 8.07. The Morgan fingerprint density at radius 2 is 2.12 bits per heavy atom. The van der Waals surface area contributed by atoms with Gasteiger partial charge in [0, 0.05) is 13.2 Å². The molecule has 0 saturated carbocycles. The van der Waals surface area contributed by atoms with E-state index >= 15 is 0 Å². The third-order valence-corrected chi connectivity index (χ3v) is 2.58. The summed E-state index contributed by atoms with van der Waals surface area (Å²) < 4.78 is 1.74. The van der Waals surface area contributed by atoms with Gasteiger partial charge in [0.25, 0.3) is 5.91 Å². The lowest BCUT2D eigenvalue weighted by atomic mass is 10.1. The fraction of sp³-hybridized carbons (Fsp3) is 0.727. The van der Waals surface area contributed by atoms with Gasteiger partial charge in [-0.1, -0.05) is 19.1 Å². The summed E-state index contributed by atoms with van der Waals surface area (Å²) in [4.78, 5) is 11.2. The van der Waals surface area contributed by atoms with Crippen molar-refractivity contribution in [3.8, 4) is 0 Å². The summed E-state index contributed by atoms with van der Waals surface area (Å²) >= 11 is 0. The summed E-state index contributed by atoms with van der Waals surface area (Å²) in [6, 6.07) is 0. The average molecular weight is 240 g/mol. The minimum atomic E-state index is -0.532. The molecule has 6 heteroatoms. The second kappa shape index (κ2) is 6.34. The molecular formula is C11H20N4O2. The summed E-state index contributed by atoms with van der Waals surface area (Å²) in [5, 5.41) is 16.5. The minimum Gasteiger partial charge on any atom is -0.396 e. The van der Waals surface area contributed by atoms with E-state index in [0.29, 0.717) is 6.54 Å². The van der Waals surface area contributed by atoms with Gasteiger partial charge in [-0.25, -0.2) is 4.68 Å². The van der Waals surface area contributed by atoms with Gasteiger partial charge in [0.15, 0.2) is 5.69 Å². The van der Waals surface area contributed by atoms with Crippen LogP contribution in [-0.4, -0.2) is 32.6 Å². The highest BCUT2D eigenvalue weighted by Crippen LogP contribution is 2.17. The van der Waals surface area contributed by atoms with Crippen LogP contribution in [0.1, 0.15) is 55.2 Å². The van der Waals surface area contributed by atoms with Crippen LogP contribution in [0.5, 0.6) is 0 Å². The number of rotatable bonds is 7. The number of aryl methyl sites for hydroxylation is 1. The van der Waals surface area contributed by atoms with E-state index in [1.165, 1.54) is 0 Å². The molecule has 1 heterocycles. The summed E-state index contributed by atoms with van der Waals surface area (Å²) in [5.41, 5.74) is 6.31. The Bertz CT molecular complexity index is 374. The Hall–Kier alpha value is -1.43. The lowest BCUT2D eigenvalue weighted by Crippen LogP contribution is -2.16. The van der Waals surface area contributed by atoms with E-state index in [4.69, 9.17) is 10.8 Å². The molecule has 0 aliphatic rings. The van der Waals surface area contributed by atoms with Gasteiger partial charge in [-0.05, 0) is 25.2 Å². The van der Waals surface area contributed by atoms with Gasteiger partial charge in [-0.3, -0.25) is 4.79 Å². The van der Waals surface area contributed by atoms with Crippen molar-refractivity contribution in [2.24, 2.45) is 5.73 Å². The Morgan fingerprint density at radius 3 is 2.65 bits per heavy atom. The molecule has 0 radical (unpaired) electrons. The van der Waals surface area contributed by atoms with E-state index in [2.05, 4.69) is 10.3 Å². The van der Waals surface area contributed by atoms with Crippen molar-refractivity contribution in [2.75, 3.05) is 6.61 Å². The van der Waals surface area contributed by atoms with E-state index in [0.717, 1.165) is 25.0 Å². The fourth-order valence-electron chi connectivity index (χ4n) is 1.78. The first kappa shape index (κ1) is 13.6. The zero-order chi connectivity index (χ0) is 12.8. The number of hydrogen-bond acceptors (Lipinski definition) is 4. The second-order valence-electron chi connectivity index (χ2n) is 4.35. The number of unbranched alkanes of at least 4 members (excludes halogenated alkanes) is 2. The monoisotopic (exact) mass is 240 g/mol. The maximum absolute atomic E-state index is 11.2. The number of nitrogens with two attached hydrogens (primary N) is 1. The first-order valence-electron chi connectivity index (χ1n) is 5.92. The molecule has 1 amide bonds. The minimum absolute atomic E-state index is 0.158. The first-order valence-corrected chi connectivity index (χ1v) is 5.92. The summed E-state index contributed by atoms with van der Waals surface area (Å²) in [6.45, 7) is 4.87. The quantitative estimate of drug-likeness (QED) is 0.685. The molecule has 6 nitrogen and oxygen atoms in total.